The first-order chi connectivity index (χ1) is 10.3. The third-order valence-electron chi connectivity index (χ3n) is 4.36. The van der Waals surface area contributed by atoms with Crippen LogP contribution in [0.25, 0.3) is 0 Å². The molecule has 1 aliphatic rings. The molecule has 0 radical (unpaired) electrons. The summed E-state index contributed by atoms with van der Waals surface area (Å²) in [6.07, 6.45) is 7.93. The molecule has 0 spiro atoms. The van der Waals surface area contributed by atoms with E-state index in [1.165, 1.54) is 22.3 Å². The molecule has 0 saturated heterocycles. The van der Waals surface area contributed by atoms with Crippen molar-refractivity contribution in [3.05, 3.63) is 95.1 Å². The summed E-state index contributed by atoms with van der Waals surface area (Å²) in [6, 6.07) is 19.9. The molecule has 0 heteroatoms. The smallest absolute Gasteiger partial charge is 0.0304 e. The summed E-state index contributed by atoms with van der Waals surface area (Å²) in [6.45, 7) is 4.48. The Kier molecular flexibility index (Phi) is 4.06. The van der Waals surface area contributed by atoms with E-state index in [0.29, 0.717) is 11.8 Å². The fourth-order valence-electron chi connectivity index (χ4n) is 3.12. The van der Waals surface area contributed by atoms with Crippen LogP contribution in [0.4, 0.5) is 0 Å². The van der Waals surface area contributed by atoms with Crippen molar-refractivity contribution >= 4 is 0 Å². The highest BCUT2D eigenvalue weighted by atomic mass is 14.3. The van der Waals surface area contributed by atoms with Crippen LogP contribution in [0.15, 0.2) is 78.4 Å². The van der Waals surface area contributed by atoms with Gasteiger partial charge in [0.2, 0.25) is 0 Å². The highest BCUT2D eigenvalue weighted by Gasteiger charge is 2.23. The third kappa shape index (κ3) is 3.00. The topological polar surface area (TPSA) is 0 Å². The van der Waals surface area contributed by atoms with E-state index in [1.54, 1.807) is 0 Å². The van der Waals surface area contributed by atoms with Gasteiger partial charge in [-0.15, -0.1) is 0 Å². The molecule has 0 saturated carbocycles. The first kappa shape index (κ1) is 13.9. The standard InChI is InChI=1S/C21H22/c1-16-12-14-19(15-13-16)21(18-9-4-3-5-10-18)20-11-7-6-8-17(20)2/h3-7,9-15,17,21H,8H2,1-2H3. The molecule has 0 amide bonds. The lowest BCUT2D eigenvalue weighted by atomic mass is 9.77. The predicted octanol–water partition coefficient (Wildman–Crippen LogP) is 5.65. The number of benzene rings is 2. The Morgan fingerprint density at radius 1 is 0.905 bits per heavy atom. The maximum Gasteiger partial charge on any atom is 0.0304 e. The molecule has 0 aliphatic heterocycles. The Bertz CT molecular complexity index is 644. The number of hydrogen-bond acceptors (Lipinski definition) is 0. The number of aryl methyl sites for hydroxylation is 1. The average molecular weight is 274 g/mol. The van der Waals surface area contributed by atoms with Crippen LogP contribution < -0.4 is 0 Å². The molecule has 0 bridgehead atoms. The summed E-state index contributed by atoms with van der Waals surface area (Å²) in [5, 5.41) is 0. The zero-order valence-electron chi connectivity index (χ0n) is 12.8. The minimum atomic E-state index is 0.367. The average Bonchev–Trinajstić information content (AvgIpc) is 2.52. The Balaban J connectivity index is 2.09. The molecule has 2 atom stereocenters. The quantitative estimate of drug-likeness (QED) is 0.678. The lowest BCUT2D eigenvalue weighted by Gasteiger charge is -2.27. The van der Waals surface area contributed by atoms with E-state index in [0.717, 1.165) is 6.42 Å². The summed E-state index contributed by atoms with van der Waals surface area (Å²) in [5.74, 6) is 0.966. The minimum absolute atomic E-state index is 0.367. The van der Waals surface area contributed by atoms with E-state index in [-0.39, 0.29) is 0 Å². The van der Waals surface area contributed by atoms with Crippen molar-refractivity contribution in [2.45, 2.75) is 26.2 Å². The van der Waals surface area contributed by atoms with Gasteiger partial charge >= 0.3 is 0 Å². The van der Waals surface area contributed by atoms with Crippen molar-refractivity contribution in [2.75, 3.05) is 0 Å². The third-order valence-corrected chi connectivity index (χ3v) is 4.36. The summed E-state index contributed by atoms with van der Waals surface area (Å²) in [5.41, 5.74) is 5.61. The normalized spacial score (nSPS) is 19.1. The molecule has 0 fully saturated rings. The molecular formula is C21H22. The van der Waals surface area contributed by atoms with E-state index >= 15 is 0 Å². The number of allylic oxidation sites excluding steroid dienone is 4. The van der Waals surface area contributed by atoms with Gasteiger partial charge in [-0.25, -0.2) is 0 Å². The van der Waals surface area contributed by atoms with Crippen molar-refractivity contribution in [3.8, 4) is 0 Å². The zero-order valence-corrected chi connectivity index (χ0v) is 12.8. The van der Waals surface area contributed by atoms with Crippen LogP contribution >= 0.6 is 0 Å². The van der Waals surface area contributed by atoms with Crippen LogP contribution in [0.3, 0.4) is 0 Å². The van der Waals surface area contributed by atoms with Gasteiger partial charge in [-0.2, -0.15) is 0 Å². The maximum absolute atomic E-state index is 2.33. The monoisotopic (exact) mass is 274 g/mol. The summed E-state index contributed by atoms with van der Waals surface area (Å²) < 4.78 is 0. The maximum atomic E-state index is 2.33. The van der Waals surface area contributed by atoms with Crippen LogP contribution in [-0.4, -0.2) is 0 Å². The van der Waals surface area contributed by atoms with Gasteiger partial charge < -0.3 is 0 Å². The molecule has 0 heterocycles. The molecule has 1 aliphatic carbocycles. The molecule has 2 aromatic rings. The second-order valence-electron chi connectivity index (χ2n) is 5.99. The molecule has 0 nitrogen and oxygen atoms in total. The Labute approximate surface area is 127 Å². The molecular weight excluding hydrogens is 252 g/mol. The van der Waals surface area contributed by atoms with E-state index in [4.69, 9.17) is 0 Å². The second-order valence-corrected chi connectivity index (χ2v) is 5.99. The summed E-state index contributed by atoms with van der Waals surface area (Å²) >= 11 is 0. The molecule has 106 valence electrons. The second kappa shape index (κ2) is 6.13. The Hall–Kier alpha value is -2.08. The highest BCUT2D eigenvalue weighted by Crippen LogP contribution is 2.38. The van der Waals surface area contributed by atoms with E-state index < -0.39 is 0 Å². The molecule has 21 heavy (non-hydrogen) atoms. The zero-order chi connectivity index (χ0) is 14.7. The summed E-state index contributed by atoms with van der Waals surface area (Å²) in [7, 11) is 0. The van der Waals surface area contributed by atoms with E-state index in [9.17, 15) is 0 Å². The highest BCUT2D eigenvalue weighted by molar-refractivity contribution is 5.44. The molecule has 3 rings (SSSR count). The largest absolute Gasteiger partial charge is 0.0840 e. The fraction of sp³-hybridized carbons (Fsp3) is 0.238. The van der Waals surface area contributed by atoms with Gasteiger partial charge in [0.1, 0.15) is 0 Å². The van der Waals surface area contributed by atoms with Gasteiger partial charge in [0, 0.05) is 5.92 Å². The SMILES string of the molecule is Cc1ccc(C(C2=CC=CCC2C)c2ccccc2)cc1. The van der Waals surface area contributed by atoms with Crippen molar-refractivity contribution in [1.29, 1.82) is 0 Å². The van der Waals surface area contributed by atoms with Crippen molar-refractivity contribution in [1.82, 2.24) is 0 Å². The number of hydrogen-bond donors (Lipinski definition) is 0. The van der Waals surface area contributed by atoms with Crippen molar-refractivity contribution in [3.63, 3.8) is 0 Å². The van der Waals surface area contributed by atoms with Gasteiger partial charge in [-0.1, -0.05) is 90.9 Å². The van der Waals surface area contributed by atoms with Crippen LogP contribution in [0.5, 0.6) is 0 Å². The van der Waals surface area contributed by atoms with Crippen LogP contribution in [0.2, 0.25) is 0 Å². The van der Waals surface area contributed by atoms with Crippen LogP contribution in [-0.2, 0) is 0 Å². The molecule has 2 aromatic carbocycles. The lowest BCUT2D eigenvalue weighted by Crippen LogP contribution is -2.12. The summed E-state index contributed by atoms with van der Waals surface area (Å²) in [4.78, 5) is 0. The van der Waals surface area contributed by atoms with Crippen molar-refractivity contribution < 1.29 is 0 Å². The van der Waals surface area contributed by atoms with Gasteiger partial charge in [0.05, 0.1) is 0 Å². The fourth-order valence-corrected chi connectivity index (χ4v) is 3.12. The molecule has 0 N–H and O–H groups in total. The molecule has 2 unspecified atom stereocenters. The Morgan fingerprint density at radius 3 is 2.24 bits per heavy atom. The van der Waals surface area contributed by atoms with Crippen molar-refractivity contribution in [2.24, 2.45) is 5.92 Å². The first-order valence-corrected chi connectivity index (χ1v) is 7.74. The van der Waals surface area contributed by atoms with Gasteiger partial charge in [-0.05, 0) is 30.4 Å². The lowest BCUT2D eigenvalue weighted by molar-refractivity contribution is 0.638. The predicted molar refractivity (Wildman–Crippen MR) is 90.5 cm³/mol. The first-order valence-electron chi connectivity index (χ1n) is 7.74. The Morgan fingerprint density at radius 2 is 1.57 bits per heavy atom. The minimum Gasteiger partial charge on any atom is -0.0840 e. The molecule has 0 aromatic heterocycles. The van der Waals surface area contributed by atoms with Gasteiger partial charge in [0.15, 0.2) is 0 Å². The van der Waals surface area contributed by atoms with E-state index in [1.807, 2.05) is 0 Å². The van der Waals surface area contributed by atoms with Gasteiger partial charge in [-0.3, -0.25) is 0 Å². The number of rotatable bonds is 3. The van der Waals surface area contributed by atoms with Crippen LogP contribution in [0.1, 0.15) is 36.0 Å². The van der Waals surface area contributed by atoms with Crippen LogP contribution in [0, 0.1) is 12.8 Å². The van der Waals surface area contributed by atoms with Gasteiger partial charge in [0.25, 0.3) is 0 Å². The van der Waals surface area contributed by atoms with E-state index in [2.05, 4.69) is 86.7 Å².